The van der Waals surface area contributed by atoms with Crippen LogP contribution in [0, 0.1) is 0 Å². The van der Waals surface area contributed by atoms with E-state index in [-0.39, 0.29) is 12.8 Å². The topological polar surface area (TPSA) is 113 Å². The molecule has 0 aliphatic rings. The molecule has 1 unspecified atom stereocenters. The number of carbonyl (C=O) groups is 3. The minimum atomic E-state index is -1.27. The summed E-state index contributed by atoms with van der Waals surface area (Å²) in [7, 11) is 1.32. The summed E-state index contributed by atoms with van der Waals surface area (Å²) in [6.45, 7) is 1.46. The largest absolute Gasteiger partial charge is 0.481 e. The molecule has 92 valence electrons. The summed E-state index contributed by atoms with van der Waals surface area (Å²) in [4.78, 5) is 32.3. The van der Waals surface area contributed by atoms with Gasteiger partial charge in [0.1, 0.15) is 12.1 Å². The number of aliphatic carboxylic acids is 2. The number of hydrogen-bond acceptors (Lipinski definition) is 4. The van der Waals surface area contributed by atoms with Gasteiger partial charge in [0.05, 0.1) is 0 Å². The fourth-order valence-corrected chi connectivity index (χ4v) is 0.921. The van der Waals surface area contributed by atoms with Crippen LogP contribution in [0.25, 0.3) is 0 Å². The first kappa shape index (κ1) is 14.4. The van der Waals surface area contributed by atoms with Crippen LogP contribution >= 0.6 is 0 Å². The van der Waals surface area contributed by atoms with Gasteiger partial charge in [-0.2, -0.15) is 0 Å². The maximum atomic E-state index is 11.3. The minimum absolute atomic E-state index is 0.160. The summed E-state index contributed by atoms with van der Waals surface area (Å²) in [6, 6.07) is -1.21. The zero-order valence-electron chi connectivity index (χ0n) is 9.10. The highest BCUT2D eigenvalue weighted by molar-refractivity contribution is 5.86. The molecule has 7 heteroatoms. The van der Waals surface area contributed by atoms with Gasteiger partial charge in [-0.05, 0) is 13.3 Å². The molecule has 0 bridgehead atoms. The predicted molar refractivity (Wildman–Crippen MR) is 52.9 cm³/mol. The van der Waals surface area contributed by atoms with Crippen LogP contribution in [0.15, 0.2) is 0 Å². The summed E-state index contributed by atoms with van der Waals surface area (Å²) >= 11 is 0. The number of methoxy groups -OCH3 is 1. The van der Waals surface area contributed by atoms with Crippen LogP contribution in [-0.4, -0.2) is 47.3 Å². The summed E-state index contributed by atoms with van der Waals surface area (Å²) in [5.41, 5.74) is 0. The van der Waals surface area contributed by atoms with Crippen molar-refractivity contribution >= 4 is 17.8 Å². The highest BCUT2D eigenvalue weighted by Gasteiger charge is 2.23. The second-order valence-electron chi connectivity index (χ2n) is 3.21. The average molecular weight is 233 g/mol. The molecule has 0 aromatic carbocycles. The Bertz CT molecular complexity index is 277. The van der Waals surface area contributed by atoms with E-state index in [4.69, 9.17) is 14.9 Å². The van der Waals surface area contributed by atoms with Crippen LogP contribution in [0.4, 0.5) is 0 Å². The van der Waals surface area contributed by atoms with Crippen molar-refractivity contribution in [1.29, 1.82) is 0 Å². The van der Waals surface area contributed by atoms with Gasteiger partial charge >= 0.3 is 11.9 Å². The molecule has 0 aliphatic heterocycles. The van der Waals surface area contributed by atoms with E-state index in [1.165, 1.54) is 14.0 Å². The molecule has 0 rings (SSSR count). The van der Waals surface area contributed by atoms with Crippen molar-refractivity contribution in [3.8, 4) is 0 Å². The first-order valence-corrected chi connectivity index (χ1v) is 4.66. The Morgan fingerprint density at radius 3 is 2.25 bits per heavy atom. The highest BCUT2D eigenvalue weighted by atomic mass is 16.5. The molecular weight excluding hydrogens is 218 g/mol. The normalized spacial score (nSPS) is 13.9. The number of amides is 1. The smallest absolute Gasteiger partial charge is 0.326 e. The number of hydrogen-bond donors (Lipinski definition) is 3. The first-order chi connectivity index (χ1) is 7.38. The number of rotatable bonds is 7. The molecular formula is C9H15NO6. The molecule has 0 fully saturated rings. The Labute approximate surface area is 92.4 Å². The third-order valence-electron chi connectivity index (χ3n) is 1.98. The van der Waals surface area contributed by atoms with E-state index >= 15 is 0 Å². The van der Waals surface area contributed by atoms with Crippen LogP contribution in [0.3, 0.4) is 0 Å². The fraction of sp³-hybridized carbons (Fsp3) is 0.667. The van der Waals surface area contributed by atoms with Crippen molar-refractivity contribution in [2.75, 3.05) is 7.11 Å². The van der Waals surface area contributed by atoms with E-state index in [2.05, 4.69) is 5.32 Å². The third kappa shape index (κ3) is 5.30. The zero-order chi connectivity index (χ0) is 12.7. The lowest BCUT2D eigenvalue weighted by Crippen LogP contribution is -2.45. The van der Waals surface area contributed by atoms with E-state index in [0.29, 0.717) is 0 Å². The molecule has 2 atom stereocenters. The predicted octanol–water partition coefficient (Wildman–Crippen LogP) is -0.544. The molecule has 7 nitrogen and oxygen atoms in total. The first-order valence-electron chi connectivity index (χ1n) is 4.66. The number of carbonyl (C=O) groups excluding carboxylic acids is 1. The quantitative estimate of drug-likeness (QED) is 0.544. The molecule has 0 spiro atoms. The van der Waals surface area contributed by atoms with E-state index in [1.54, 1.807) is 0 Å². The van der Waals surface area contributed by atoms with Crippen LogP contribution < -0.4 is 5.32 Å². The van der Waals surface area contributed by atoms with Gasteiger partial charge in [-0.15, -0.1) is 0 Å². The molecule has 0 aromatic rings. The molecule has 0 saturated carbocycles. The van der Waals surface area contributed by atoms with Crippen molar-refractivity contribution in [2.45, 2.75) is 31.9 Å². The molecule has 0 heterocycles. The Balaban J connectivity index is 4.28. The molecule has 0 saturated heterocycles. The number of carboxylic acids is 2. The SMILES string of the molecule is COC(C)C(=O)N[C@@H](CCC(=O)O)C(=O)O. The van der Waals surface area contributed by atoms with Gasteiger partial charge in [-0.1, -0.05) is 0 Å². The van der Waals surface area contributed by atoms with Gasteiger partial charge in [0.15, 0.2) is 0 Å². The summed E-state index contributed by atoms with van der Waals surface area (Å²) in [5.74, 6) is -2.96. The zero-order valence-corrected chi connectivity index (χ0v) is 9.10. The van der Waals surface area contributed by atoms with Gasteiger partial charge in [0.2, 0.25) is 5.91 Å². The van der Waals surface area contributed by atoms with Gasteiger partial charge < -0.3 is 20.3 Å². The van der Waals surface area contributed by atoms with Crippen molar-refractivity contribution in [3.63, 3.8) is 0 Å². The average Bonchev–Trinajstić information content (AvgIpc) is 2.21. The van der Waals surface area contributed by atoms with E-state index in [9.17, 15) is 14.4 Å². The van der Waals surface area contributed by atoms with E-state index < -0.39 is 30.0 Å². The lowest BCUT2D eigenvalue weighted by Gasteiger charge is -2.16. The number of nitrogens with one attached hydrogen (secondary N) is 1. The summed E-state index contributed by atoms with van der Waals surface area (Å²) in [6.07, 6.45) is -1.25. The number of carboxylic acid groups (broad SMARTS) is 2. The summed E-state index contributed by atoms with van der Waals surface area (Å²) in [5, 5.41) is 19.3. The van der Waals surface area contributed by atoms with Crippen LogP contribution in [0.2, 0.25) is 0 Å². The second kappa shape index (κ2) is 6.78. The lowest BCUT2D eigenvalue weighted by atomic mass is 10.1. The fourth-order valence-electron chi connectivity index (χ4n) is 0.921. The molecule has 3 N–H and O–H groups in total. The Morgan fingerprint density at radius 2 is 1.88 bits per heavy atom. The van der Waals surface area contributed by atoms with Crippen molar-refractivity contribution in [3.05, 3.63) is 0 Å². The Morgan fingerprint density at radius 1 is 1.31 bits per heavy atom. The standard InChI is InChI=1S/C9H15NO6/c1-5(16-2)8(13)10-6(9(14)15)3-4-7(11)12/h5-6H,3-4H2,1-2H3,(H,10,13)(H,11,12)(H,14,15)/t5?,6-/m0/s1. The third-order valence-corrected chi connectivity index (χ3v) is 1.98. The van der Waals surface area contributed by atoms with Crippen molar-refractivity contribution in [2.24, 2.45) is 0 Å². The molecule has 0 aromatic heterocycles. The second-order valence-corrected chi connectivity index (χ2v) is 3.21. The minimum Gasteiger partial charge on any atom is -0.481 e. The van der Waals surface area contributed by atoms with Crippen LogP contribution in [0.1, 0.15) is 19.8 Å². The van der Waals surface area contributed by atoms with Gasteiger partial charge in [-0.3, -0.25) is 9.59 Å². The molecule has 1 amide bonds. The number of ether oxygens (including phenoxy) is 1. The highest BCUT2D eigenvalue weighted by Crippen LogP contribution is 1.99. The van der Waals surface area contributed by atoms with Crippen molar-refractivity contribution in [1.82, 2.24) is 5.32 Å². The van der Waals surface area contributed by atoms with E-state index in [1.807, 2.05) is 0 Å². The van der Waals surface area contributed by atoms with Crippen molar-refractivity contribution < 1.29 is 29.3 Å². The van der Waals surface area contributed by atoms with Gasteiger partial charge in [0.25, 0.3) is 0 Å². The molecule has 16 heavy (non-hydrogen) atoms. The molecule has 0 aliphatic carbocycles. The lowest BCUT2D eigenvalue weighted by molar-refractivity contribution is -0.144. The van der Waals surface area contributed by atoms with Gasteiger partial charge in [0, 0.05) is 13.5 Å². The maximum Gasteiger partial charge on any atom is 0.326 e. The monoisotopic (exact) mass is 233 g/mol. The Kier molecular flexibility index (Phi) is 6.09. The maximum absolute atomic E-state index is 11.3. The Hall–Kier alpha value is -1.63. The molecule has 0 radical (unpaired) electrons. The van der Waals surface area contributed by atoms with Crippen LogP contribution in [0.5, 0.6) is 0 Å². The summed E-state index contributed by atoms with van der Waals surface area (Å²) < 4.78 is 4.70. The van der Waals surface area contributed by atoms with Gasteiger partial charge in [-0.25, -0.2) is 4.79 Å². The van der Waals surface area contributed by atoms with Crippen LogP contribution in [-0.2, 0) is 19.1 Å². The van der Waals surface area contributed by atoms with E-state index in [0.717, 1.165) is 0 Å².